The molecule has 0 spiro atoms. The highest BCUT2D eigenvalue weighted by Crippen LogP contribution is 2.33. The number of aromatic nitrogens is 1. The molecule has 3 heterocycles. The second-order valence-electron chi connectivity index (χ2n) is 8.47. The molecule has 0 saturated carbocycles. The number of carboxylic acid groups (broad SMARTS) is 2. The molecular weight excluding hydrogens is 537 g/mol. The number of benzene rings is 1. The van der Waals surface area contributed by atoms with E-state index in [0.29, 0.717) is 65.2 Å². The Labute approximate surface area is 229 Å². The predicted molar refractivity (Wildman–Crippen MR) is 142 cm³/mol. The number of methoxy groups -OCH3 is 1. The lowest BCUT2D eigenvalue weighted by Gasteiger charge is -2.31. The topological polar surface area (TPSA) is 133 Å². The highest BCUT2D eigenvalue weighted by Gasteiger charge is 2.25. The van der Waals surface area contributed by atoms with Gasteiger partial charge >= 0.3 is 11.9 Å². The molecule has 1 aliphatic rings. The van der Waals surface area contributed by atoms with Gasteiger partial charge in [-0.05, 0) is 43.1 Å². The summed E-state index contributed by atoms with van der Waals surface area (Å²) in [6.45, 7) is 3.09. The molecule has 0 aliphatic carbocycles. The van der Waals surface area contributed by atoms with Crippen molar-refractivity contribution in [3.05, 3.63) is 69.7 Å². The lowest BCUT2D eigenvalue weighted by molar-refractivity contribution is -0.134. The summed E-state index contributed by atoms with van der Waals surface area (Å²) in [5.41, 5.74) is 2.48. The minimum atomic E-state index is -1.26. The van der Waals surface area contributed by atoms with E-state index in [1.165, 1.54) is 0 Å². The van der Waals surface area contributed by atoms with Crippen molar-refractivity contribution in [1.82, 2.24) is 14.8 Å². The summed E-state index contributed by atoms with van der Waals surface area (Å²) >= 11 is 12.5. The highest BCUT2D eigenvalue weighted by atomic mass is 35.5. The van der Waals surface area contributed by atoms with E-state index < -0.39 is 11.9 Å². The van der Waals surface area contributed by atoms with Gasteiger partial charge in [-0.15, -0.1) is 0 Å². The number of likely N-dealkylation sites (N-methyl/N-ethyl adjacent to an activating group) is 1. The van der Waals surface area contributed by atoms with Gasteiger partial charge in [-0.1, -0.05) is 29.3 Å². The largest absolute Gasteiger partial charge is 0.493 e. The third-order valence-corrected chi connectivity index (χ3v) is 6.58. The Balaban J connectivity index is 0.000000436. The number of piperazine rings is 1. The molecule has 4 rings (SSSR count). The summed E-state index contributed by atoms with van der Waals surface area (Å²) in [5, 5.41) is 17.6. The number of pyridine rings is 1. The minimum Gasteiger partial charge on any atom is -0.493 e. The number of carbonyl (C=O) groups is 3. The average molecular weight is 564 g/mol. The van der Waals surface area contributed by atoms with Crippen molar-refractivity contribution in [1.29, 1.82) is 0 Å². The normalized spacial score (nSPS) is 13.8. The second kappa shape index (κ2) is 13.3. The van der Waals surface area contributed by atoms with Crippen LogP contribution in [0.25, 0.3) is 11.0 Å². The molecule has 0 bridgehead atoms. The van der Waals surface area contributed by atoms with Crippen molar-refractivity contribution in [3.63, 3.8) is 0 Å². The Kier molecular flexibility index (Phi) is 10.1. The molecule has 1 saturated heterocycles. The van der Waals surface area contributed by atoms with E-state index in [2.05, 4.69) is 16.9 Å². The zero-order valence-corrected chi connectivity index (χ0v) is 22.3. The smallest absolute Gasteiger partial charge is 0.328 e. The number of hydrogen-bond acceptors (Lipinski definition) is 7. The van der Waals surface area contributed by atoms with E-state index in [1.54, 1.807) is 19.5 Å². The summed E-state index contributed by atoms with van der Waals surface area (Å²) in [4.78, 5) is 40.1. The van der Waals surface area contributed by atoms with Gasteiger partial charge in [0.1, 0.15) is 0 Å². The van der Waals surface area contributed by atoms with Crippen LogP contribution in [0, 0.1) is 0 Å². The van der Waals surface area contributed by atoms with E-state index in [1.807, 2.05) is 23.1 Å². The van der Waals surface area contributed by atoms with Crippen LogP contribution < -0.4 is 4.74 Å². The van der Waals surface area contributed by atoms with Crippen molar-refractivity contribution in [3.8, 4) is 5.75 Å². The monoisotopic (exact) mass is 563 g/mol. The van der Waals surface area contributed by atoms with Crippen molar-refractivity contribution in [2.24, 2.45) is 0 Å². The number of amides is 1. The van der Waals surface area contributed by atoms with Crippen LogP contribution in [-0.2, 0) is 22.4 Å². The first-order chi connectivity index (χ1) is 18.1. The van der Waals surface area contributed by atoms with E-state index >= 15 is 0 Å². The van der Waals surface area contributed by atoms with Gasteiger partial charge in [0.15, 0.2) is 17.1 Å². The van der Waals surface area contributed by atoms with Crippen molar-refractivity contribution in [2.45, 2.75) is 12.8 Å². The predicted octanol–water partition coefficient (Wildman–Crippen LogP) is 4.03. The van der Waals surface area contributed by atoms with Crippen molar-refractivity contribution < 1.29 is 33.8 Å². The van der Waals surface area contributed by atoms with Gasteiger partial charge in [0.25, 0.3) is 5.91 Å². The second-order valence-corrected chi connectivity index (χ2v) is 9.28. The molecule has 3 aromatic rings. The molecule has 38 heavy (non-hydrogen) atoms. The molecule has 1 fully saturated rings. The number of carbonyl (C=O) groups excluding carboxylic acids is 1. The molecular formula is C26H27Cl2N3O7. The van der Waals surface area contributed by atoms with Crippen molar-refractivity contribution >= 4 is 52.0 Å². The van der Waals surface area contributed by atoms with E-state index in [-0.39, 0.29) is 5.91 Å². The van der Waals surface area contributed by atoms with Gasteiger partial charge in [0.2, 0.25) is 0 Å². The van der Waals surface area contributed by atoms with E-state index in [0.717, 1.165) is 29.6 Å². The van der Waals surface area contributed by atoms with Crippen LogP contribution in [0.15, 0.2) is 47.2 Å². The van der Waals surface area contributed by atoms with Gasteiger partial charge < -0.3 is 29.2 Å². The number of aliphatic carboxylic acids is 2. The molecule has 1 aliphatic heterocycles. The Morgan fingerprint density at radius 3 is 2.18 bits per heavy atom. The third kappa shape index (κ3) is 7.47. The van der Waals surface area contributed by atoms with Crippen LogP contribution in [0.1, 0.15) is 21.7 Å². The van der Waals surface area contributed by atoms with Crippen LogP contribution in [0.2, 0.25) is 10.0 Å². The fourth-order valence-corrected chi connectivity index (χ4v) is 4.44. The molecule has 1 aromatic carbocycles. The maximum Gasteiger partial charge on any atom is 0.328 e. The third-order valence-electron chi connectivity index (χ3n) is 5.92. The number of nitrogens with zero attached hydrogens (tertiary/aromatic N) is 3. The average Bonchev–Trinajstić information content (AvgIpc) is 3.33. The summed E-state index contributed by atoms with van der Waals surface area (Å²) in [5.74, 6) is -1.67. The zero-order chi connectivity index (χ0) is 27.8. The standard InChI is InChI=1S/C22H23Cl2N3O3.C4H4O4/c1-26-7-9-27(10-8-26)22(28)20-11-16-14(4-6-19(29-2)21(16)30-20)3-5-15-17(23)12-25-13-18(15)24;5-3(6)1-2-4(7)8/h4,6,11-13H,3,5,7-10H2,1-2H3;1-2H,(H,5,6)(H,7,8)/b;2-1+. The van der Waals surface area contributed by atoms with E-state index in [9.17, 15) is 14.4 Å². The molecule has 0 radical (unpaired) electrons. The van der Waals surface area contributed by atoms with Crippen LogP contribution >= 0.6 is 23.2 Å². The summed E-state index contributed by atoms with van der Waals surface area (Å²) in [6.07, 6.45) is 5.64. The molecule has 10 nitrogen and oxygen atoms in total. The van der Waals surface area contributed by atoms with Crippen LogP contribution in [0.3, 0.4) is 0 Å². The van der Waals surface area contributed by atoms with Crippen molar-refractivity contribution in [2.75, 3.05) is 40.3 Å². The lowest BCUT2D eigenvalue weighted by atomic mass is 10.0. The number of hydrogen-bond donors (Lipinski definition) is 2. The number of carboxylic acids is 2. The molecule has 2 aromatic heterocycles. The van der Waals surface area contributed by atoms with Gasteiger partial charge in [-0.2, -0.15) is 0 Å². The molecule has 12 heteroatoms. The Morgan fingerprint density at radius 2 is 1.63 bits per heavy atom. The number of halogens is 2. The lowest BCUT2D eigenvalue weighted by Crippen LogP contribution is -2.47. The fraction of sp³-hybridized carbons (Fsp3) is 0.308. The van der Waals surface area contributed by atoms with Gasteiger partial charge in [-0.3, -0.25) is 9.78 Å². The van der Waals surface area contributed by atoms with Gasteiger partial charge in [-0.25, -0.2) is 9.59 Å². The summed E-state index contributed by atoms with van der Waals surface area (Å²) in [7, 11) is 3.65. The number of fused-ring (bicyclic) bond motifs is 1. The first-order valence-corrected chi connectivity index (χ1v) is 12.3. The fourth-order valence-electron chi connectivity index (χ4n) is 3.88. The molecule has 1 amide bonds. The Hall–Kier alpha value is -3.60. The Morgan fingerprint density at radius 1 is 1.03 bits per heavy atom. The first-order valence-electron chi connectivity index (χ1n) is 11.6. The van der Waals surface area contributed by atoms with Crippen LogP contribution in [0.4, 0.5) is 0 Å². The Bertz CT molecular complexity index is 1310. The maximum atomic E-state index is 13.0. The number of furan rings is 1. The highest BCUT2D eigenvalue weighted by molar-refractivity contribution is 6.35. The zero-order valence-electron chi connectivity index (χ0n) is 20.8. The maximum absolute atomic E-state index is 13.0. The molecule has 2 N–H and O–H groups in total. The molecule has 0 atom stereocenters. The minimum absolute atomic E-state index is 0.0903. The van der Waals surface area contributed by atoms with Crippen LogP contribution in [-0.4, -0.2) is 83.2 Å². The SMILES string of the molecule is COc1ccc(CCc2c(Cl)cncc2Cl)c2cc(C(=O)N3CCN(C)CC3)oc12.O=C(O)/C=C/C(=O)O. The number of ether oxygens (including phenoxy) is 1. The van der Waals surface area contributed by atoms with Crippen LogP contribution in [0.5, 0.6) is 5.75 Å². The molecule has 202 valence electrons. The molecule has 0 unspecified atom stereocenters. The van der Waals surface area contributed by atoms with Gasteiger partial charge in [0, 0.05) is 56.1 Å². The quantitative estimate of drug-likeness (QED) is 0.408. The first kappa shape index (κ1) is 29.0. The number of rotatable bonds is 7. The van der Waals surface area contributed by atoms with E-state index in [4.69, 9.17) is 42.6 Å². The summed E-state index contributed by atoms with van der Waals surface area (Å²) in [6, 6.07) is 5.68. The summed E-state index contributed by atoms with van der Waals surface area (Å²) < 4.78 is 11.4. The van der Waals surface area contributed by atoms with Gasteiger partial charge in [0.05, 0.1) is 17.2 Å². The number of aryl methyl sites for hydroxylation is 1.